The second-order valence-electron chi connectivity index (χ2n) is 5.14. The van der Waals surface area contributed by atoms with E-state index in [1.807, 2.05) is 24.3 Å². The Balaban J connectivity index is 1.90. The smallest absolute Gasteiger partial charge is 0.257 e. The van der Waals surface area contributed by atoms with Crippen molar-refractivity contribution >= 4 is 40.5 Å². The van der Waals surface area contributed by atoms with Gasteiger partial charge in [-0.2, -0.15) is 0 Å². The molecule has 1 amide bonds. The van der Waals surface area contributed by atoms with Crippen LogP contribution < -0.4 is 15.4 Å². The van der Waals surface area contributed by atoms with Crippen LogP contribution in [0.4, 0.5) is 5.69 Å². The molecule has 0 bridgehead atoms. The lowest BCUT2D eigenvalue weighted by Crippen LogP contribution is -2.34. The van der Waals surface area contributed by atoms with E-state index < -0.39 is 0 Å². The van der Waals surface area contributed by atoms with Crippen LogP contribution in [0.25, 0.3) is 0 Å². The summed E-state index contributed by atoms with van der Waals surface area (Å²) in [5.41, 5.74) is 1.24. The van der Waals surface area contributed by atoms with Gasteiger partial charge >= 0.3 is 0 Å². The summed E-state index contributed by atoms with van der Waals surface area (Å²) in [7, 11) is 0. The maximum Gasteiger partial charge on any atom is 0.257 e. The summed E-state index contributed by atoms with van der Waals surface area (Å²) in [6.45, 7) is 2.79. The topological polar surface area (TPSA) is 50.4 Å². The highest BCUT2D eigenvalue weighted by atomic mass is 35.5. The van der Waals surface area contributed by atoms with Crippen molar-refractivity contribution in [1.82, 2.24) is 5.32 Å². The third-order valence-corrected chi connectivity index (χ3v) is 3.65. The van der Waals surface area contributed by atoms with Gasteiger partial charge in [0.25, 0.3) is 5.91 Å². The van der Waals surface area contributed by atoms with Crippen LogP contribution >= 0.6 is 23.8 Å². The first kappa shape index (κ1) is 18.2. The van der Waals surface area contributed by atoms with Gasteiger partial charge in [-0.05, 0) is 55.0 Å². The van der Waals surface area contributed by atoms with E-state index in [1.165, 1.54) is 0 Å². The number of carbonyl (C=O) groups is 1. The number of rotatable bonds is 6. The Hall–Kier alpha value is -2.11. The van der Waals surface area contributed by atoms with E-state index >= 15 is 0 Å². The van der Waals surface area contributed by atoms with Crippen LogP contribution in [-0.4, -0.2) is 17.6 Å². The highest BCUT2D eigenvalue weighted by Crippen LogP contribution is 2.17. The Labute approximate surface area is 152 Å². The Bertz CT molecular complexity index is 704. The monoisotopic (exact) mass is 362 g/mol. The number of amides is 1. The first-order chi connectivity index (χ1) is 11.6. The Morgan fingerprint density at radius 2 is 1.96 bits per heavy atom. The lowest BCUT2D eigenvalue weighted by molar-refractivity contribution is 0.0978. The SMILES string of the molecule is CCCCOc1cccc(NC(=S)NC(=O)c2ccc(Cl)cc2)c1. The summed E-state index contributed by atoms with van der Waals surface area (Å²) in [4.78, 5) is 12.1. The van der Waals surface area contributed by atoms with Gasteiger partial charge in [0.2, 0.25) is 0 Å². The van der Waals surface area contributed by atoms with E-state index in [9.17, 15) is 4.79 Å². The van der Waals surface area contributed by atoms with Gasteiger partial charge < -0.3 is 10.1 Å². The molecule has 0 saturated heterocycles. The van der Waals surface area contributed by atoms with Crippen molar-refractivity contribution in [2.45, 2.75) is 19.8 Å². The number of nitrogens with one attached hydrogen (secondary N) is 2. The second-order valence-corrected chi connectivity index (χ2v) is 5.99. The largest absolute Gasteiger partial charge is 0.494 e. The average Bonchev–Trinajstić information content (AvgIpc) is 2.56. The van der Waals surface area contributed by atoms with Crippen LogP contribution in [0.1, 0.15) is 30.1 Å². The molecule has 0 aromatic heterocycles. The molecule has 0 radical (unpaired) electrons. The highest BCUT2D eigenvalue weighted by molar-refractivity contribution is 7.80. The fourth-order valence-electron chi connectivity index (χ4n) is 1.94. The fraction of sp³-hybridized carbons (Fsp3) is 0.222. The van der Waals surface area contributed by atoms with Crippen molar-refractivity contribution in [3.05, 3.63) is 59.1 Å². The zero-order chi connectivity index (χ0) is 17.4. The van der Waals surface area contributed by atoms with E-state index in [0.717, 1.165) is 24.3 Å². The molecule has 0 aliphatic carbocycles. The van der Waals surface area contributed by atoms with Crippen molar-refractivity contribution in [2.24, 2.45) is 0 Å². The van der Waals surface area contributed by atoms with E-state index in [-0.39, 0.29) is 11.0 Å². The summed E-state index contributed by atoms with van der Waals surface area (Å²) in [5.74, 6) is 0.472. The Morgan fingerprint density at radius 1 is 1.21 bits per heavy atom. The zero-order valence-electron chi connectivity index (χ0n) is 13.3. The fourth-order valence-corrected chi connectivity index (χ4v) is 2.27. The number of anilines is 1. The van der Waals surface area contributed by atoms with Gasteiger partial charge in [0, 0.05) is 22.3 Å². The van der Waals surface area contributed by atoms with Crippen LogP contribution in [0.2, 0.25) is 5.02 Å². The van der Waals surface area contributed by atoms with E-state index in [2.05, 4.69) is 17.6 Å². The number of halogens is 1. The lowest BCUT2D eigenvalue weighted by atomic mass is 10.2. The molecule has 0 fully saturated rings. The normalized spacial score (nSPS) is 10.1. The minimum atomic E-state index is -0.292. The Kier molecular flexibility index (Phi) is 7.03. The molecule has 0 unspecified atom stereocenters. The number of hydrogen-bond donors (Lipinski definition) is 2. The van der Waals surface area contributed by atoms with Crippen LogP contribution in [0, 0.1) is 0 Å². The summed E-state index contributed by atoms with van der Waals surface area (Å²) in [5, 5.41) is 6.41. The van der Waals surface area contributed by atoms with Crippen molar-refractivity contribution in [1.29, 1.82) is 0 Å². The molecular formula is C18H19ClN2O2S. The highest BCUT2D eigenvalue weighted by Gasteiger charge is 2.08. The molecular weight excluding hydrogens is 344 g/mol. The van der Waals surface area contributed by atoms with Crippen LogP contribution in [0.15, 0.2) is 48.5 Å². The van der Waals surface area contributed by atoms with Gasteiger partial charge in [-0.1, -0.05) is 31.0 Å². The molecule has 24 heavy (non-hydrogen) atoms. The number of hydrogen-bond acceptors (Lipinski definition) is 3. The molecule has 2 aromatic rings. The van der Waals surface area contributed by atoms with Gasteiger partial charge in [0.15, 0.2) is 5.11 Å². The third-order valence-electron chi connectivity index (χ3n) is 3.19. The molecule has 126 valence electrons. The standard InChI is InChI=1S/C18H19ClN2O2S/c1-2-3-11-23-16-6-4-5-15(12-16)20-18(24)21-17(22)13-7-9-14(19)10-8-13/h4-10,12H,2-3,11H2,1H3,(H2,20,21,22,24). The number of thiocarbonyl (C=S) groups is 1. The van der Waals surface area contributed by atoms with Crippen LogP contribution in [0.5, 0.6) is 5.75 Å². The summed E-state index contributed by atoms with van der Waals surface area (Å²) >= 11 is 11.0. The summed E-state index contributed by atoms with van der Waals surface area (Å²) in [6.07, 6.45) is 2.09. The van der Waals surface area contributed by atoms with Gasteiger partial charge in [0.1, 0.15) is 5.75 Å². The van der Waals surface area contributed by atoms with Gasteiger partial charge in [-0.25, -0.2) is 0 Å². The minimum Gasteiger partial charge on any atom is -0.494 e. The Morgan fingerprint density at radius 3 is 2.67 bits per heavy atom. The number of ether oxygens (including phenoxy) is 1. The molecule has 0 heterocycles. The van der Waals surface area contributed by atoms with Gasteiger partial charge in [0.05, 0.1) is 6.61 Å². The second kappa shape index (κ2) is 9.25. The van der Waals surface area contributed by atoms with Crippen molar-refractivity contribution in [2.75, 3.05) is 11.9 Å². The quantitative estimate of drug-likeness (QED) is 0.580. The van der Waals surface area contributed by atoms with E-state index in [0.29, 0.717) is 17.2 Å². The van der Waals surface area contributed by atoms with Crippen LogP contribution in [-0.2, 0) is 0 Å². The maximum absolute atomic E-state index is 12.1. The molecule has 2 N–H and O–H groups in total. The van der Waals surface area contributed by atoms with Gasteiger partial charge in [-0.15, -0.1) is 0 Å². The molecule has 0 aliphatic rings. The molecule has 2 rings (SSSR count). The molecule has 0 spiro atoms. The minimum absolute atomic E-state index is 0.223. The zero-order valence-corrected chi connectivity index (χ0v) is 14.9. The molecule has 0 aliphatic heterocycles. The van der Waals surface area contributed by atoms with E-state index in [4.69, 9.17) is 28.6 Å². The molecule has 6 heteroatoms. The average molecular weight is 363 g/mol. The number of unbranched alkanes of at least 4 members (excludes halogenated alkanes) is 1. The molecule has 0 saturated carbocycles. The maximum atomic E-state index is 12.1. The third kappa shape index (κ3) is 5.83. The number of carbonyl (C=O) groups excluding carboxylic acids is 1. The van der Waals surface area contributed by atoms with Crippen molar-refractivity contribution in [3.8, 4) is 5.75 Å². The lowest BCUT2D eigenvalue weighted by Gasteiger charge is -2.11. The predicted molar refractivity (Wildman–Crippen MR) is 102 cm³/mol. The molecule has 2 aromatic carbocycles. The van der Waals surface area contributed by atoms with E-state index in [1.54, 1.807) is 24.3 Å². The van der Waals surface area contributed by atoms with Crippen molar-refractivity contribution < 1.29 is 9.53 Å². The first-order valence-corrected chi connectivity index (χ1v) is 8.48. The summed E-state index contributed by atoms with van der Waals surface area (Å²) in [6, 6.07) is 14.0. The number of benzene rings is 2. The summed E-state index contributed by atoms with van der Waals surface area (Å²) < 4.78 is 5.65. The van der Waals surface area contributed by atoms with Crippen molar-refractivity contribution in [3.63, 3.8) is 0 Å². The molecule has 0 atom stereocenters. The predicted octanol–water partition coefficient (Wildman–Crippen LogP) is 4.65. The molecule has 4 nitrogen and oxygen atoms in total. The van der Waals surface area contributed by atoms with Crippen LogP contribution in [0.3, 0.4) is 0 Å². The van der Waals surface area contributed by atoms with Gasteiger partial charge in [-0.3, -0.25) is 10.1 Å². The first-order valence-electron chi connectivity index (χ1n) is 7.69.